The molecule has 7 heteroatoms. The van der Waals surface area contributed by atoms with E-state index in [9.17, 15) is 13.6 Å². The van der Waals surface area contributed by atoms with Gasteiger partial charge in [-0.25, -0.2) is 13.6 Å². The zero-order chi connectivity index (χ0) is 14.9. The highest BCUT2D eigenvalue weighted by Crippen LogP contribution is 2.31. The van der Waals surface area contributed by atoms with Crippen molar-refractivity contribution in [3.05, 3.63) is 57.0 Å². The molecule has 20 heavy (non-hydrogen) atoms. The Morgan fingerprint density at radius 3 is 2.30 bits per heavy atom. The number of aromatic carboxylic acids is 1. The van der Waals surface area contributed by atoms with E-state index in [0.717, 1.165) is 16.6 Å². The summed E-state index contributed by atoms with van der Waals surface area (Å²) in [6.07, 6.45) is 0. The number of halogens is 4. The number of nitrogens with one attached hydrogen (secondary N) is 1. The van der Waals surface area contributed by atoms with Crippen LogP contribution in [-0.4, -0.2) is 11.1 Å². The van der Waals surface area contributed by atoms with Crippen molar-refractivity contribution in [2.24, 2.45) is 0 Å². The van der Waals surface area contributed by atoms with E-state index in [0.29, 0.717) is 5.69 Å². The van der Waals surface area contributed by atoms with E-state index >= 15 is 0 Å². The smallest absolute Gasteiger partial charge is 0.335 e. The van der Waals surface area contributed by atoms with Gasteiger partial charge >= 0.3 is 5.97 Å². The van der Waals surface area contributed by atoms with E-state index in [4.69, 9.17) is 16.7 Å². The molecule has 2 rings (SSSR count). The van der Waals surface area contributed by atoms with Gasteiger partial charge in [-0.05, 0) is 30.3 Å². The standard InChI is InChI=1S/C13H7BrClF2NO2/c14-7-1-2-11(8(15)5-7)18-12-9(16)3-6(13(19)20)4-10(12)17/h1-5,18H,(H,19,20). The van der Waals surface area contributed by atoms with E-state index in [1.807, 2.05) is 0 Å². The van der Waals surface area contributed by atoms with E-state index in [1.165, 1.54) is 6.07 Å². The zero-order valence-corrected chi connectivity index (χ0v) is 12.1. The Labute approximate surface area is 126 Å². The Balaban J connectivity index is 2.41. The van der Waals surface area contributed by atoms with Gasteiger partial charge in [0.15, 0.2) is 11.6 Å². The lowest BCUT2D eigenvalue weighted by Crippen LogP contribution is -2.03. The predicted molar refractivity (Wildman–Crippen MR) is 75.8 cm³/mol. The highest BCUT2D eigenvalue weighted by atomic mass is 79.9. The Bertz CT molecular complexity index is 671. The second-order valence-electron chi connectivity index (χ2n) is 3.87. The molecule has 2 aromatic rings. The highest BCUT2D eigenvalue weighted by molar-refractivity contribution is 9.10. The molecule has 0 radical (unpaired) electrons. The second-order valence-corrected chi connectivity index (χ2v) is 5.19. The van der Waals surface area contributed by atoms with Gasteiger partial charge in [0, 0.05) is 4.47 Å². The molecule has 0 saturated carbocycles. The molecule has 0 saturated heterocycles. The first kappa shape index (κ1) is 14.7. The van der Waals surface area contributed by atoms with Crippen LogP contribution in [0.15, 0.2) is 34.8 Å². The average molecular weight is 363 g/mol. The minimum absolute atomic E-state index is 0.264. The maximum atomic E-state index is 13.7. The molecule has 3 nitrogen and oxygen atoms in total. The lowest BCUT2D eigenvalue weighted by molar-refractivity contribution is 0.0696. The van der Waals surface area contributed by atoms with Gasteiger partial charge in [-0.3, -0.25) is 0 Å². The number of carbonyl (C=O) groups is 1. The third kappa shape index (κ3) is 3.08. The molecule has 0 fully saturated rings. The summed E-state index contributed by atoms with van der Waals surface area (Å²) in [5.41, 5.74) is -0.623. The molecule has 0 heterocycles. The summed E-state index contributed by atoms with van der Waals surface area (Å²) in [6.45, 7) is 0. The van der Waals surface area contributed by atoms with Gasteiger partial charge in [0.25, 0.3) is 0 Å². The third-order valence-electron chi connectivity index (χ3n) is 2.48. The summed E-state index contributed by atoms with van der Waals surface area (Å²) < 4.78 is 28.2. The molecule has 104 valence electrons. The molecule has 2 N–H and O–H groups in total. The van der Waals surface area contributed by atoms with Crippen LogP contribution in [-0.2, 0) is 0 Å². The molecule has 0 spiro atoms. The van der Waals surface area contributed by atoms with Crippen LogP contribution < -0.4 is 5.32 Å². The fourth-order valence-electron chi connectivity index (χ4n) is 1.54. The van der Waals surface area contributed by atoms with Crippen LogP contribution in [0.1, 0.15) is 10.4 Å². The fraction of sp³-hybridized carbons (Fsp3) is 0. The van der Waals surface area contributed by atoms with Crippen molar-refractivity contribution in [1.29, 1.82) is 0 Å². The lowest BCUT2D eigenvalue weighted by atomic mass is 10.2. The molecule has 0 aliphatic heterocycles. The van der Waals surface area contributed by atoms with Crippen LogP contribution in [0.4, 0.5) is 20.2 Å². The van der Waals surface area contributed by atoms with Crippen LogP contribution in [0.25, 0.3) is 0 Å². The summed E-state index contributed by atoms with van der Waals surface area (Å²) in [5.74, 6) is -3.43. The van der Waals surface area contributed by atoms with Gasteiger partial charge in [0.1, 0.15) is 5.69 Å². The first-order valence-corrected chi connectivity index (χ1v) is 6.50. The normalized spacial score (nSPS) is 10.4. The summed E-state index contributed by atoms with van der Waals surface area (Å²) >= 11 is 9.14. The fourth-order valence-corrected chi connectivity index (χ4v) is 2.26. The zero-order valence-electron chi connectivity index (χ0n) is 9.75. The summed E-state index contributed by atoms with van der Waals surface area (Å²) in [4.78, 5) is 10.7. The minimum Gasteiger partial charge on any atom is -0.478 e. The maximum absolute atomic E-state index is 13.7. The Morgan fingerprint density at radius 1 is 1.20 bits per heavy atom. The minimum atomic E-state index is -1.41. The van der Waals surface area contributed by atoms with Gasteiger partial charge < -0.3 is 10.4 Å². The number of carboxylic acid groups (broad SMARTS) is 1. The Kier molecular flexibility index (Phi) is 4.25. The van der Waals surface area contributed by atoms with Crippen molar-refractivity contribution in [2.45, 2.75) is 0 Å². The van der Waals surface area contributed by atoms with Crippen LogP contribution in [0.3, 0.4) is 0 Å². The average Bonchev–Trinajstić information content (AvgIpc) is 2.35. The summed E-state index contributed by atoms with van der Waals surface area (Å²) in [7, 11) is 0. The molecule has 0 aromatic heterocycles. The van der Waals surface area contributed by atoms with Crippen molar-refractivity contribution in [1.82, 2.24) is 0 Å². The molecule has 0 amide bonds. The van der Waals surface area contributed by atoms with E-state index in [-0.39, 0.29) is 5.02 Å². The summed E-state index contributed by atoms with van der Waals surface area (Å²) in [6, 6.07) is 6.22. The summed E-state index contributed by atoms with van der Waals surface area (Å²) in [5, 5.41) is 11.5. The Morgan fingerprint density at radius 2 is 1.80 bits per heavy atom. The van der Waals surface area contributed by atoms with Gasteiger partial charge in [0.2, 0.25) is 0 Å². The maximum Gasteiger partial charge on any atom is 0.335 e. The number of hydrogen-bond acceptors (Lipinski definition) is 2. The molecular formula is C13H7BrClF2NO2. The van der Waals surface area contributed by atoms with Crippen molar-refractivity contribution >= 4 is 44.9 Å². The van der Waals surface area contributed by atoms with Crippen LogP contribution in [0.5, 0.6) is 0 Å². The van der Waals surface area contributed by atoms with E-state index < -0.39 is 28.9 Å². The molecule has 0 bridgehead atoms. The topological polar surface area (TPSA) is 49.3 Å². The van der Waals surface area contributed by atoms with Gasteiger partial charge in [0.05, 0.1) is 16.3 Å². The quantitative estimate of drug-likeness (QED) is 0.823. The Hall–Kier alpha value is -1.66. The molecule has 0 aliphatic carbocycles. The number of hydrogen-bond donors (Lipinski definition) is 2. The third-order valence-corrected chi connectivity index (χ3v) is 3.29. The number of rotatable bonds is 3. The monoisotopic (exact) mass is 361 g/mol. The van der Waals surface area contributed by atoms with Crippen molar-refractivity contribution in [2.75, 3.05) is 5.32 Å². The van der Waals surface area contributed by atoms with Crippen LogP contribution in [0.2, 0.25) is 5.02 Å². The van der Waals surface area contributed by atoms with Gasteiger partial charge in [-0.2, -0.15) is 0 Å². The van der Waals surface area contributed by atoms with Crippen molar-refractivity contribution < 1.29 is 18.7 Å². The molecule has 0 aliphatic rings. The molecular weight excluding hydrogens is 356 g/mol. The first-order valence-electron chi connectivity index (χ1n) is 5.33. The van der Waals surface area contributed by atoms with Gasteiger partial charge in [-0.1, -0.05) is 27.5 Å². The SMILES string of the molecule is O=C(O)c1cc(F)c(Nc2ccc(Br)cc2Cl)c(F)c1. The number of anilines is 2. The highest BCUT2D eigenvalue weighted by Gasteiger charge is 2.15. The first-order chi connectivity index (χ1) is 9.38. The molecule has 0 atom stereocenters. The van der Waals surface area contributed by atoms with E-state index in [2.05, 4.69) is 21.2 Å². The molecule has 0 unspecified atom stereocenters. The van der Waals surface area contributed by atoms with E-state index in [1.54, 1.807) is 12.1 Å². The molecule has 2 aromatic carbocycles. The predicted octanol–water partition coefficient (Wildman–Crippen LogP) is 4.82. The largest absolute Gasteiger partial charge is 0.478 e. The number of carboxylic acids is 1. The number of benzene rings is 2. The second kappa shape index (κ2) is 5.76. The van der Waals surface area contributed by atoms with Crippen molar-refractivity contribution in [3.8, 4) is 0 Å². The van der Waals surface area contributed by atoms with Crippen LogP contribution >= 0.6 is 27.5 Å². The van der Waals surface area contributed by atoms with Crippen LogP contribution in [0, 0.1) is 11.6 Å². The van der Waals surface area contributed by atoms with Gasteiger partial charge in [-0.15, -0.1) is 0 Å². The lowest BCUT2D eigenvalue weighted by Gasteiger charge is -2.11. The van der Waals surface area contributed by atoms with Crippen molar-refractivity contribution in [3.63, 3.8) is 0 Å².